The van der Waals surface area contributed by atoms with Crippen LogP contribution in [0.25, 0.3) is 10.3 Å². The molecule has 204 valence electrons. The number of amides is 1. The van der Waals surface area contributed by atoms with Crippen LogP contribution in [0.4, 0.5) is 5.13 Å². The molecule has 0 bridgehead atoms. The number of aliphatic hydroxyl groups excluding tert-OH is 1. The van der Waals surface area contributed by atoms with Crippen molar-refractivity contribution < 1.29 is 27.9 Å². The van der Waals surface area contributed by atoms with Gasteiger partial charge < -0.3 is 19.6 Å². The van der Waals surface area contributed by atoms with Crippen LogP contribution in [-0.2, 0) is 19.5 Å². The minimum absolute atomic E-state index is 0.0459. The Balaban J connectivity index is 1.48. The Kier molecular flexibility index (Phi) is 9.26. The van der Waals surface area contributed by atoms with Crippen LogP contribution in [0.1, 0.15) is 31.2 Å². The summed E-state index contributed by atoms with van der Waals surface area (Å²) in [7, 11) is 0.648. The Bertz CT molecular complexity index is 1380. The summed E-state index contributed by atoms with van der Waals surface area (Å²) in [6.45, 7) is 1.48. The Hall–Kier alpha value is -3.13. The molecule has 11 nitrogen and oxygen atoms in total. The molecule has 1 saturated carbocycles. The number of benzene rings is 1. The largest absolute Gasteiger partial charge is 0.478 e. The standard InChI is InChI=1S/C25H31N5O6S2/c1-30(2)13-3-15-35-21-12-11-20-24(27-21)37-25(26-20)28-23(32)22(29-36-16-4-14-31)17-5-7-18(8-6-17)38(33,34)19-9-10-19/h5-8,11-12,19,31H,3-4,9-10,13-16H2,1-2H3,(H,26,28,32)/b29-22+. The van der Waals surface area contributed by atoms with Crippen LogP contribution < -0.4 is 10.1 Å². The number of hydrogen-bond donors (Lipinski definition) is 2. The first kappa shape index (κ1) is 27.9. The van der Waals surface area contributed by atoms with Crippen molar-refractivity contribution in [3.63, 3.8) is 0 Å². The molecule has 0 radical (unpaired) electrons. The number of aliphatic hydroxyl groups is 1. The Morgan fingerprint density at radius 2 is 1.89 bits per heavy atom. The van der Waals surface area contributed by atoms with Crippen molar-refractivity contribution in [3.8, 4) is 5.88 Å². The van der Waals surface area contributed by atoms with Gasteiger partial charge >= 0.3 is 0 Å². The van der Waals surface area contributed by atoms with Crippen LogP contribution in [0.2, 0.25) is 0 Å². The summed E-state index contributed by atoms with van der Waals surface area (Å²) in [5.74, 6) is -0.0930. The van der Waals surface area contributed by atoms with E-state index < -0.39 is 15.7 Å². The molecule has 0 aliphatic heterocycles. The van der Waals surface area contributed by atoms with Crippen molar-refractivity contribution in [2.45, 2.75) is 35.8 Å². The minimum Gasteiger partial charge on any atom is -0.478 e. The molecule has 3 aromatic rings. The van der Waals surface area contributed by atoms with Gasteiger partial charge in [-0.3, -0.25) is 10.1 Å². The third-order valence-electron chi connectivity index (χ3n) is 5.63. The number of aromatic nitrogens is 2. The highest BCUT2D eigenvalue weighted by Crippen LogP contribution is 2.33. The fraction of sp³-hybridized carbons (Fsp3) is 0.440. The summed E-state index contributed by atoms with van der Waals surface area (Å²) in [5.41, 5.74) is 0.947. The number of nitrogens with zero attached hydrogens (tertiary/aromatic N) is 4. The van der Waals surface area contributed by atoms with Gasteiger partial charge in [-0.2, -0.15) is 0 Å². The van der Waals surface area contributed by atoms with E-state index in [1.807, 2.05) is 14.1 Å². The first-order valence-corrected chi connectivity index (χ1v) is 14.7. The highest BCUT2D eigenvalue weighted by atomic mass is 32.2. The molecule has 1 aliphatic carbocycles. The van der Waals surface area contributed by atoms with E-state index in [2.05, 4.69) is 25.3 Å². The lowest BCUT2D eigenvalue weighted by Gasteiger charge is -2.09. The number of thiazole rings is 1. The van der Waals surface area contributed by atoms with Gasteiger partial charge in [0.2, 0.25) is 5.88 Å². The molecule has 2 heterocycles. The molecule has 2 aromatic heterocycles. The minimum atomic E-state index is -3.36. The maximum atomic E-state index is 13.2. The number of fused-ring (bicyclic) bond motifs is 1. The molecule has 1 fully saturated rings. The molecular weight excluding hydrogens is 530 g/mol. The van der Waals surface area contributed by atoms with E-state index >= 15 is 0 Å². The summed E-state index contributed by atoms with van der Waals surface area (Å²) >= 11 is 1.19. The molecular formula is C25H31N5O6S2. The van der Waals surface area contributed by atoms with E-state index in [-0.39, 0.29) is 29.1 Å². The number of ether oxygens (including phenoxy) is 1. The Morgan fingerprint density at radius 1 is 1.13 bits per heavy atom. The topological polar surface area (TPSA) is 143 Å². The second-order valence-electron chi connectivity index (χ2n) is 9.07. The number of oxime groups is 1. The Morgan fingerprint density at radius 3 is 2.58 bits per heavy atom. The average Bonchev–Trinajstić information content (AvgIpc) is 3.68. The van der Waals surface area contributed by atoms with Crippen LogP contribution in [0.15, 0.2) is 46.4 Å². The summed E-state index contributed by atoms with van der Waals surface area (Å²) in [6.07, 6.45) is 2.55. The van der Waals surface area contributed by atoms with Crippen LogP contribution in [-0.4, -0.2) is 85.7 Å². The smallest absolute Gasteiger partial charge is 0.280 e. The van der Waals surface area contributed by atoms with Crippen molar-refractivity contribution in [2.75, 3.05) is 45.8 Å². The van der Waals surface area contributed by atoms with E-state index in [4.69, 9.17) is 14.7 Å². The number of nitrogens with one attached hydrogen (secondary N) is 1. The van der Waals surface area contributed by atoms with E-state index in [0.717, 1.165) is 13.0 Å². The fourth-order valence-electron chi connectivity index (χ4n) is 3.49. The van der Waals surface area contributed by atoms with Gasteiger partial charge in [-0.25, -0.2) is 18.4 Å². The van der Waals surface area contributed by atoms with Crippen molar-refractivity contribution in [2.24, 2.45) is 5.16 Å². The van der Waals surface area contributed by atoms with Crippen molar-refractivity contribution in [1.29, 1.82) is 0 Å². The molecule has 0 saturated heterocycles. The molecule has 13 heteroatoms. The second-order valence-corrected chi connectivity index (χ2v) is 12.3. The first-order valence-electron chi connectivity index (χ1n) is 12.3. The highest BCUT2D eigenvalue weighted by Gasteiger charge is 2.36. The molecule has 0 atom stereocenters. The van der Waals surface area contributed by atoms with Crippen molar-refractivity contribution >= 4 is 48.3 Å². The molecule has 2 N–H and O–H groups in total. The number of anilines is 1. The zero-order valence-electron chi connectivity index (χ0n) is 21.3. The lowest BCUT2D eigenvalue weighted by atomic mass is 10.1. The monoisotopic (exact) mass is 561 g/mol. The van der Waals surface area contributed by atoms with Crippen LogP contribution in [0.5, 0.6) is 5.88 Å². The number of rotatable bonds is 14. The first-order chi connectivity index (χ1) is 18.3. The summed E-state index contributed by atoms with van der Waals surface area (Å²) < 4.78 is 30.8. The molecule has 38 heavy (non-hydrogen) atoms. The van der Waals surface area contributed by atoms with Gasteiger partial charge in [0.1, 0.15) is 17.0 Å². The quantitative estimate of drug-likeness (QED) is 0.172. The third kappa shape index (κ3) is 7.25. The van der Waals surface area contributed by atoms with Gasteiger partial charge in [0.05, 0.1) is 16.8 Å². The highest BCUT2D eigenvalue weighted by molar-refractivity contribution is 7.92. The molecule has 4 rings (SSSR count). The number of hydrogen-bond acceptors (Lipinski definition) is 11. The van der Waals surface area contributed by atoms with Crippen LogP contribution >= 0.6 is 11.3 Å². The molecule has 1 amide bonds. The van der Waals surface area contributed by atoms with Gasteiger partial charge in [0, 0.05) is 31.2 Å². The maximum absolute atomic E-state index is 13.2. The number of carbonyl (C=O) groups is 1. The summed E-state index contributed by atoms with van der Waals surface area (Å²) in [4.78, 5) is 30.2. The number of carbonyl (C=O) groups excluding carboxylic acids is 1. The number of pyridine rings is 1. The normalized spacial score (nSPS) is 14.2. The predicted molar refractivity (Wildman–Crippen MR) is 146 cm³/mol. The van der Waals surface area contributed by atoms with E-state index in [0.29, 0.717) is 52.8 Å². The van der Waals surface area contributed by atoms with E-state index in [9.17, 15) is 13.2 Å². The second kappa shape index (κ2) is 12.6. The lowest BCUT2D eigenvalue weighted by Crippen LogP contribution is -2.24. The van der Waals surface area contributed by atoms with Gasteiger partial charge in [0.25, 0.3) is 5.91 Å². The molecule has 1 aliphatic rings. The van der Waals surface area contributed by atoms with Gasteiger partial charge in [-0.1, -0.05) is 28.6 Å². The maximum Gasteiger partial charge on any atom is 0.280 e. The van der Waals surface area contributed by atoms with Gasteiger partial charge in [0.15, 0.2) is 20.7 Å². The molecule has 0 spiro atoms. The molecule has 1 aromatic carbocycles. The zero-order valence-corrected chi connectivity index (χ0v) is 22.9. The SMILES string of the molecule is CN(C)CCCOc1ccc2nc(NC(=O)/C(=N/OCCCO)c3ccc(S(=O)(=O)C4CC4)cc3)sc2n1. The lowest BCUT2D eigenvalue weighted by molar-refractivity contribution is -0.110. The average molecular weight is 562 g/mol. The van der Waals surface area contributed by atoms with Gasteiger partial charge in [-0.15, -0.1) is 0 Å². The van der Waals surface area contributed by atoms with Gasteiger partial charge in [-0.05, 0) is 51.6 Å². The Labute approximate surface area is 225 Å². The molecule has 0 unspecified atom stereocenters. The van der Waals surface area contributed by atoms with E-state index in [1.54, 1.807) is 12.1 Å². The van der Waals surface area contributed by atoms with Crippen molar-refractivity contribution in [3.05, 3.63) is 42.0 Å². The van der Waals surface area contributed by atoms with Crippen LogP contribution in [0, 0.1) is 0 Å². The predicted octanol–water partition coefficient (Wildman–Crippen LogP) is 2.70. The number of sulfone groups is 1. The van der Waals surface area contributed by atoms with E-state index in [1.165, 1.54) is 35.6 Å². The van der Waals surface area contributed by atoms with Crippen molar-refractivity contribution in [1.82, 2.24) is 14.9 Å². The summed E-state index contributed by atoms with van der Waals surface area (Å²) in [6, 6.07) is 9.53. The van der Waals surface area contributed by atoms with Crippen LogP contribution in [0.3, 0.4) is 0 Å². The fourth-order valence-corrected chi connectivity index (χ4v) is 5.97. The zero-order chi connectivity index (χ0) is 27.1. The third-order valence-corrected chi connectivity index (χ3v) is 8.79. The summed E-state index contributed by atoms with van der Waals surface area (Å²) in [5, 5.41) is 15.7.